The number of pyridine rings is 1. The number of aromatic nitrogens is 1. The van der Waals surface area contributed by atoms with E-state index in [1.54, 1.807) is 6.07 Å². The first-order valence-corrected chi connectivity index (χ1v) is 10.0. The van der Waals surface area contributed by atoms with Gasteiger partial charge in [-0.05, 0) is 36.8 Å². The van der Waals surface area contributed by atoms with Crippen LogP contribution in [0.5, 0.6) is 0 Å². The summed E-state index contributed by atoms with van der Waals surface area (Å²) in [5.41, 5.74) is 0. The molecule has 1 aromatic heterocycles. The van der Waals surface area contributed by atoms with Gasteiger partial charge in [-0.2, -0.15) is 4.31 Å². The molecule has 0 saturated carbocycles. The van der Waals surface area contributed by atoms with Crippen LogP contribution in [0.3, 0.4) is 0 Å². The molecule has 0 amide bonds. The van der Waals surface area contributed by atoms with Crippen molar-refractivity contribution in [2.75, 3.05) is 44.3 Å². The van der Waals surface area contributed by atoms with Crippen LogP contribution in [-0.2, 0) is 14.8 Å². The maximum absolute atomic E-state index is 12.6. The average molecular weight is 349 g/mol. The number of ether oxygens (including phenoxy) is 1. The molecule has 2 aliphatic heterocycles. The third kappa shape index (κ3) is 2.96. The molecule has 0 aromatic carbocycles. The standard InChI is InChI=1S/C17H23N3O3S/c21-24(22,20-7-9-23-10-8-20)16-5-6-17(18-11-16)19-12-14-3-1-2-4-15(14)13-19/h1-2,5-6,11,14-15H,3-4,7-10,12-13H2. The van der Waals surface area contributed by atoms with Gasteiger partial charge in [-0.15, -0.1) is 0 Å². The molecule has 0 radical (unpaired) electrons. The van der Waals surface area contributed by atoms with Crippen LogP contribution < -0.4 is 4.90 Å². The minimum atomic E-state index is -3.46. The Labute approximate surface area is 143 Å². The van der Waals surface area contributed by atoms with Gasteiger partial charge >= 0.3 is 0 Å². The Morgan fingerprint density at radius 1 is 1.04 bits per heavy atom. The quantitative estimate of drug-likeness (QED) is 0.774. The van der Waals surface area contributed by atoms with Gasteiger partial charge in [0, 0.05) is 32.4 Å². The van der Waals surface area contributed by atoms with Crippen molar-refractivity contribution in [1.82, 2.24) is 9.29 Å². The molecule has 1 aromatic rings. The second-order valence-electron chi connectivity index (χ2n) is 6.74. The monoisotopic (exact) mass is 349 g/mol. The molecule has 7 heteroatoms. The van der Waals surface area contributed by atoms with Crippen LogP contribution in [0, 0.1) is 11.8 Å². The number of fused-ring (bicyclic) bond motifs is 1. The summed E-state index contributed by atoms with van der Waals surface area (Å²) in [6.45, 7) is 3.75. The third-order valence-electron chi connectivity index (χ3n) is 5.27. The Bertz CT molecular complexity index is 695. The maximum Gasteiger partial charge on any atom is 0.244 e. The first kappa shape index (κ1) is 16.1. The summed E-state index contributed by atoms with van der Waals surface area (Å²) < 4.78 is 32.0. The Morgan fingerprint density at radius 3 is 2.29 bits per heavy atom. The van der Waals surface area contributed by atoms with Crippen LogP contribution in [-0.4, -0.2) is 57.1 Å². The van der Waals surface area contributed by atoms with E-state index in [4.69, 9.17) is 4.74 Å². The van der Waals surface area contributed by atoms with E-state index in [-0.39, 0.29) is 4.90 Å². The molecule has 0 spiro atoms. The fraction of sp³-hybridized carbons (Fsp3) is 0.588. The summed E-state index contributed by atoms with van der Waals surface area (Å²) in [6.07, 6.45) is 8.34. The SMILES string of the molecule is O=S(=O)(c1ccc(N2CC3CC=CCC3C2)nc1)N1CCOCC1. The number of anilines is 1. The van der Waals surface area contributed by atoms with E-state index in [2.05, 4.69) is 22.0 Å². The number of rotatable bonds is 3. The van der Waals surface area contributed by atoms with Crippen molar-refractivity contribution in [1.29, 1.82) is 0 Å². The van der Waals surface area contributed by atoms with Crippen molar-refractivity contribution in [3.05, 3.63) is 30.5 Å². The predicted molar refractivity (Wildman–Crippen MR) is 91.4 cm³/mol. The van der Waals surface area contributed by atoms with Crippen molar-refractivity contribution >= 4 is 15.8 Å². The Morgan fingerprint density at radius 2 is 1.71 bits per heavy atom. The summed E-state index contributed by atoms with van der Waals surface area (Å²) in [4.78, 5) is 7.00. The first-order chi connectivity index (χ1) is 11.6. The Hall–Kier alpha value is -1.44. The van der Waals surface area contributed by atoms with E-state index in [9.17, 15) is 8.42 Å². The second kappa shape index (κ2) is 6.46. The summed E-state index contributed by atoms with van der Waals surface area (Å²) in [5.74, 6) is 2.28. The van der Waals surface area contributed by atoms with Crippen molar-refractivity contribution in [2.45, 2.75) is 17.7 Å². The Kier molecular flexibility index (Phi) is 4.32. The molecular formula is C17H23N3O3S. The molecule has 2 unspecified atom stereocenters. The van der Waals surface area contributed by atoms with E-state index in [0.717, 1.165) is 31.7 Å². The zero-order chi connectivity index (χ0) is 16.6. The third-order valence-corrected chi connectivity index (χ3v) is 7.16. The van der Waals surface area contributed by atoms with E-state index in [0.29, 0.717) is 38.1 Å². The second-order valence-corrected chi connectivity index (χ2v) is 8.67. The molecule has 1 aliphatic carbocycles. The van der Waals surface area contributed by atoms with Crippen molar-refractivity contribution in [3.8, 4) is 0 Å². The number of morpholine rings is 1. The zero-order valence-electron chi connectivity index (χ0n) is 13.7. The summed E-state index contributed by atoms with van der Waals surface area (Å²) >= 11 is 0. The average Bonchev–Trinajstić information content (AvgIpc) is 3.07. The van der Waals surface area contributed by atoms with Crippen LogP contribution >= 0.6 is 0 Å². The highest BCUT2D eigenvalue weighted by molar-refractivity contribution is 7.89. The highest BCUT2D eigenvalue weighted by atomic mass is 32.2. The zero-order valence-corrected chi connectivity index (χ0v) is 14.5. The lowest BCUT2D eigenvalue weighted by atomic mass is 9.86. The summed E-state index contributed by atoms with van der Waals surface area (Å²) in [6, 6.07) is 3.53. The molecule has 2 saturated heterocycles. The fourth-order valence-corrected chi connectivity index (χ4v) is 5.20. The molecule has 2 atom stereocenters. The molecule has 3 aliphatic rings. The van der Waals surface area contributed by atoms with Gasteiger partial charge in [-0.25, -0.2) is 13.4 Å². The largest absolute Gasteiger partial charge is 0.379 e. The van der Waals surface area contributed by atoms with E-state index in [1.807, 2.05) is 6.07 Å². The molecule has 6 nitrogen and oxygen atoms in total. The van der Waals surface area contributed by atoms with Gasteiger partial charge in [0.05, 0.1) is 13.2 Å². The van der Waals surface area contributed by atoms with E-state index < -0.39 is 10.0 Å². The predicted octanol–water partition coefficient (Wildman–Crippen LogP) is 1.50. The van der Waals surface area contributed by atoms with Crippen LogP contribution in [0.25, 0.3) is 0 Å². The number of hydrogen-bond donors (Lipinski definition) is 0. The van der Waals surface area contributed by atoms with Gasteiger partial charge < -0.3 is 9.64 Å². The van der Waals surface area contributed by atoms with Crippen molar-refractivity contribution in [3.63, 3.8) is 0 Å². The number of allylic oxidation sites excluding steroid dienone is 2. The molecule has 130 valence electrons. The molecule has 2 fully saturated rings. The maximum atomic E-state index is 12.6. The number of sulfonamides is 1. The lowest BCUT2D eigenvalue weighted by Gasteiger charge is -2.26. The molecule has 24 heavy (non-hydrogen) atoms. The van der Waals surface area contributed by atoms with Crippen LogP contribution in [0.2, 0.25) is 0 Å². The minimum Gasteiger partial charge on any atom is -0.379 e. The summed E-state index contributed by atoms with van der Waals surface area (Å²) in [5, 5.41) is 0. The van der Waals surface area contributed by atoms with Crippen molar-refractivity contribution < 1.29 is 13.2 Å². The molecule has 3 heterocycles. The van der Waals surface area contributed by atoms with Crippen LogP contribution in [0.4, 0.5) is 5.82 Å². The topological polar surface area (TPSA) is 62.7 Å². The van der Waals surface area contributed by atoms with Crippen LogP contribution in [0.15, 0.2) is 35.4 Å². The van der Waals surface area contributed by atoms with Gasteiger partial charge in [0.1, 0.15) is 10.7 Å². The normalized spacial score (nSPS) is 28.1. The Balaban J connectivity index is 1.49. The van der Waals surface area contributed by atoms with Gasteiger partial charge in [0.15, 0.2) is 0 Å². The van der Waals surface area contributed by atoms with Gasteiger partial charge in [0.25, 0.3) is 0 Å². The molecule has 0 bridgehead atoms. The lowest BCUT2D eigenvalue weighted by Crippen LogP contribution is -2.40. The minimum absolute atomic E-state index is 0.270. The number of nitrogens with zero attached hydrogens (tertiary/aromatic N) is 3. The van der Waals surface area contributed by atoms with E-state index >= 15 is 0 Å². The van der Waals surface area contributed by atoms with Gasteiger partial charge in [-0.3, -0.25) is 0 Å². The first-order valence-electron chi connectivity index (χ1n) is 8.58. The highest BCUT2D eigenvalue weighted by Crippen LogP contribution is 2.34. The number of hydrogen-bond acceptors (Lipinski definition) is 5. The van der Waals surface area contributed by atoms with Crippen molar-refractivity contribution in [2.24, 2.45) is 11.8 Å². The molecule has 4 rings (SSSR count). The van der Waals surface area contributed by atoms with Crippen LogP contribution in [0.1, 0.15) is 12.8 Å². The fourth-order valence-electron chi connectivity index (χ4n) is 3.85. The van der Waals surface area contributed by atoms with Gasteiger partial charge in [-0.1, -0.05) is 12.2 Å². The van der Waals surface area contributed by atoms with E-state index in [1.165, 1.54) is 10.5 Å². The molecular weight excluding hydrogens is 326 g/mol. The lowest BCUT2D eigenvalue weighted by molar-refractivity contribution is 0.0730. The highest BCUT2D eigenvalue weighted by Gasteiger charge is 2.33. The smallest absolute Gasteiger partial charge is 0.244 e. The summed E-state index contributed by atoms with van der Waals surface area (Å²) in [7, 11) is -3.46. The van der Waals surface area contributed by atoms with Gasteiger partial charge in [0.2, 0.25) is 10.0 Å². The molecule has 0 N–H and O–H groups in total.